The highest BCUT2D eigenvalue weighted by Crippen LogP contribution is 2.22. The molecular formula is C20H21N5O4S. The van der Waals surface area contributed by atoms with Crippen LogP contribution in [0.5, 0.6) is 0 Å². The van der Waals surface area contributed by atoms with Crippen molar-refractivity contribution in [1.29, 1.82) is 0 Å². The number of hydrogen-bond donors (Lipinski definition) is 2. The monoisotopic (exact) mass is 427 g/mol. The summed E-state index contributed by atoms with van der Waals surface area (Å²) >= 11 is 0. The number of carbonyl (C=O) groups excluding carboxylic acids is 1. The molecule has 0 aliphatic carbocycles. The fourth-order valence-electron chi connectivity index (χ4n) is 3.53. The molecule has 3 heterocycles. The van der Waals surface area contributed by atoms with Gasteiger partial charge in [-0.05, 0) is 42.7 Å². The van der Waals surface area contributed by atoms with Crippen molar-refractivity contribution in [2.24, 2.45) is 5.18 Å². The molecule has 1 fully saturated rings. The van der Waals surface area contributed by atoms with Crippen LogP contribution in [0.25, 0.3) is 10.9 Å². The van der Waals surface area contributed by atoms with E-state index in [-0.39, 0.29) is 23.9 Å². The summed E-state index contributed by atoms with van der Waals surface area (Å²) in [5.74, 6) is -0.261. The zero-order valence-corrected chi connectivity index (χ0v) is 16.9. The molecule has 2 N–H and O–H groups in total. The molecular weight excluding hydrogens is 406 g/mol. The number of rotatable bonds is 6. The summed E-state index contributed by atoms with van der Waals surface area (Å²) in [6.45, 7) is 0.753. The maximum atomic E-state index is 12.8. The topological polar surface area (TPSA) is 125 Å². The molecule has 1 unspecified atom stereocenters. The third kappa shape index (κ3) is 4.10. The summed E-state index contributed by atoms with van der Waals surface area (Å²) in [5.41, 5.74) is 2.03. The second-order valence-electron chi connectivity index (χ2n) is 7.24. The summed E-state index contributed by atoms with van der Waals surface area (Å²) in [5, 5.41) is 6.66. The first kappa shape index (κ1) is 20.2. The van der Waals surface area contributed by atoms with Crippen molar-refractivity contribution in [3.8, 4) is 0 Å². The molecule has 4 rings (SSSR count). The Labute approximate surface area is 173 Å². The van der Waals surface area contributed by atoms with Crippen molar-refractivity contribution in [2.45, 2.75) is 30.3 Å². The van der Waals surface area contributed by atoms with Crippen LogP contribution in [0.15, 0.2) is 58.9 Å². The zero-order chi connectivity index (χ0) is 21.1. The third-order valence-corrected chi connectivity index (χ3v) is 7.07. The van der Waals surface area contributed by atoms with Crippen LogP contribution in [0.2, 0.25) is 0 Å². The van der Waals surface area contributed by atoms with E-state index in [2.05, 4.69) is 20.5 Å². The second kappa shape index (κ2) is 8.33. The number of nitrogens with zero attached hydrogens (tertiary/aromatic N) is 3. The Kier molecular flexibility index (Phi) is 5.60. The number of aromatic amines is 1. The fraction of sp³-hybridized carbons (Fsp3) is 0.300. The van der Waals surface area contributed by atoms with Gasteiger partial charge in [0.1, 0.15) is 11.7 Å². The Morgan fingerprint density at radius 1 is 1.27 bits per heavy atom. The zero-order valence-electron chi connectivity index (χ0n) is 16.1. The SMILES string of the molecule is O=NC1CCCN(S(=O)(=O)c2ccc(CNC(=O)c3cc4cnccc4[nH]3)cc2)C1. The van der Waals surface area contributed by atoms with Crippen LogP contribution < -0.4 is 5.32 Å². The van der Waals surface area contributed by atoms with E-state index in [0.717, 1.165) is 16.5 Å². The minimum atomic E-state index is -3.67. The van der Waals surface area contributed by atoms with Crippen LogP contribution in [0, 0.1) is 4.91 Å². The number of benzene rings is 1. The quantitative estimate of drug-likeness (QED) is 0.585. The highest BCUT2D eigenvalue weighted by atomic mass is 32.2. The molecule has 1 saturated heterocycles. The standard InChI is InChI=1S/C20H21N5O4S/c26-20(19-10-15-12-21-8-7-18(15)23-19)22-11-14-3-5-17(6-4-14)30(28,29)25-9-1-2-16(13-25)24-27/h3-8,10,12,16,23H,1-2,9,11,13H2,(H,22,26). The lowest BCUT2D eigenvalue weighted by atomic mass is 10.1. The molecule has 9 nitrogen and oxygen atoms in total. The molecule has 1 aromatic carbocycles. The van der Waals surface area contributed by atoms with E-state index >= 15 is 0 Å². The van der Waals surface area contributed by atoms with Gasteiger partial charge in [-0.3, -0.25) is 9.78 Å². The van der Waals surface area contributed by atoms with Gasteiger partial charge in [0.2, 0.25) is 10.0 Å². The Morgan fingerprint density at radius 3 is 2.80 bits per heavy atom. The molecule has 0 spiro atoms. The van der Waals surface area contributed by atoms with Gasteiger partial charge in [0, 0.05) is 42.9 Å². The van der Waals surface area contributed by atoms with Crippen molar-refractivity contribution < 1.29 is 13.2 Å². The highest BCUT2D eigenvalue weighted by molar-refractivity contribution is 7.89. The van der Waals surface area contributed by atoms with Crippen LogP contribution in [0.4, 0.5) is 0 Å². The number of carbonyl (C=O) groups is 1. The molecule has 30 heavy (non-hydrogen) atoms. The number of pyridine rings is 1. The summed E-state index contributed by atoms with van der Waals surface area (Å²) in [4.78, 5) is 30.4. The van der Waals surface area contributed by atoms with Crippen LogP contribution in [-0.4, -0.2) is 47.7 Å². The van der Waals surface area contributed by atoms with E-state index < -0.39 is 16.1 Å². The molecule has 156 valence electrons. The lowest BCUT2D eigenvalue weighted by Gasteiger charge is -2.28. The van der Waals surface area contributed by atoms with Crippen molar-refractivity contribution in [3.05, 3.63) is 65.0 Å². The van der Waals surface area contributed by atoms with Gasteiger partial charge < -0.3 is 10.3 Å². The van der Waals surface area contributed by atoms with Gasteiger partial charge in [-0.2, -0.15) is 9.21 Å². The van der Waals surface area contributed by atoms with E-state index in [1.165, 1.54) is 16.4 Å². The van der Waals surface area contributed by atoms with Crippen LogP contribution >= 0.6 is 0 Å². The van der Waals surface area contributed by atoms with Crippen molar-refractivity contribution >= 4 is 26.8 Å². The van der Waals surface area contributed by atoms with Gasteiger partial charge in [0.15, 0.2) is 0 Å². The fourth-order valence-corrected chi connectivity index (χ4v) is 5.04. The summed E-state index contributed by atoms with van der Waals surface area (Å²) in [6, 6.07) is 9.40. The van der Waals surface area contributed by atoms with Crippen molar-refractivity contribution in [2.75, 3.05) is 13.1 Å². The Hall–Kier alpha value is -3.11. The number of fused-ring (bicyclic) bond motifs is 1. The predicted molar refractivity (Wildman–Crippen MR) is 111 cm³/mol. The number of sulfonamides is 1. The lowest BCUT2D eigenvalue weighted by Crippen LogP contribution is -2.41. The molecule has 10 heteroatoms. The average Bonchev–Trinajstić information content (AvgIpc) is 3.22. The van der Waals surface area contributed by atoms with Crippen molar-refractivity contribution in [1.82, 2.24) is 19.6 Å². The minimum absolute atomic E-state index is 0.115. The Morgan fingerprint density at radius 2 is 2.07 bits per heavy atom. The number of hydrogen-bond acceptors (Lipinski definition) is 6. The number of nitroso groups, excluding NO2 is 1. The molecule has 1 aliphatic heterocycles. The maximum absolute atomic E-state index is 12.8. The molecule has 1 aliphatic rings. The highest BCUT2D eigenvalue weighted by Gasteiger charge is 2.30. The largest absolute Gasteiger partial charge is 0.350 e. The lowest BCUT2D eigenvalue weighted by molar-refractivity contribution is 0.0946. The third-order valence-electron chi connectivity index (χ3n) is 5.19. The van der Waals surface area contributed by atoms with Crippen LogP contribution in [0.3, 0.4) is 0 Å². The summed E-state index contributed by atoms with van der Waals surface area (Å²) in [6.07, 6.45) is 4.55. The van der Waals surface area contributed by atoms with Gasteiger partial charge in [-0.15, -0.1) is 0 Å². The van der Waals surface area contributed by atoms with Gasteiger partial charge in [-0.1, -0.05) is 17.3 Å². The first-order valence-corrected chi connectivity index (χ1v) is 11.0. The number of amides is 1. The maximum Gasteiger partial charge on any atom is 0.267 e. The van der Waals surface area contributed by atoms with Gasteiger partial charge in [0.05, 0.1) is 4.90 Å². The number of aromatic nitrogens is 2. The predicted octanol–water partition coefficient (Wildman–Crippen LogP) is 2.41. The molecule has 3 aromatic rings. The normalized spacial score (nSPS) is 17.7. The number of nitrogens with one attached hydrogen (secondary N) is 2. The van der Waals surface area contributed by atoms with Crippen LogP contribution in [0.1, 0.15) is 28.9 Å². The van der Waals surface area contributed by atoms with Gasteiger partial charge in [0.25, 0.3) is 5.91 Å². The first-order chi connectivity index (χ1) is 14.5. The smallest absolute Gasteiger partial charge is 0.267 e. The average molecular weight is 427 g/mol. The number of piperidine rings is 1. The first-order valence-electron chi connectivity index (χ1n) is 9.60. The van der Waals surface area contributed by atoms with E-state index in [1.807, 2.05) is 0 Å². The molecule has 0 bridgehead atoms. The summed E-state index contributed by atoms with van der Waals surface area (Å²) in [7, 11) is -3.67. The Balaban J connectivity index is 1.40. The van der Waals surface area contributed by atoms with Crippen molar-refractivity contribution in [3.63, 3.8) is 0 Å². The van der Waals surface area contributed by atoms with Gasteiger partial charge >= 0.3 is 0 Å². The van der Waals surface area contributed by atoms with E-state index in [1.54, 1.807) is 36.7 Å². The number of H-pyrrole nitrogens is 1. The summed E-state index contributed by atoms with van der Waals surface area (Å²) < 4.78 is 26.9. The second-order valence-corrected chi connectivity index (χ2v) is 9.18. The van der Waals surface area contributed by atoms with Gasteiger partial charge in [-0.25, -0.2) is 8.42 Å². The van der Waals surface area contributed by atoms with E-state index in [4.69, 9.17) is 0 Å². The molecule has 1 amide bonds. The minimum Gasteiger partial charge on any atom is -0.350 e. The molecule has 1 atom stereocenters. The van der Waals surface area contributed by atoms with E-state index in [9.17, 15) is 18.1 Å². The Bertz CT molecular complexity index is 1140. The molecule has 0 radical (unpaired) electrons. The molecule has 0 saturated carbocycles. The molecule has 2 aromatic heterocycles. The van der Waals surface area contributed by atoms with Crippen LogP contribution in [-0.2, 0) is 16.6 Å². The van der Waals surface area contributed by atoms with E-state index in [0.29, 0.717) is 25.1 Å².